The highest BCUT2D eigenvalue weighted by Crippen LogP contribution is 2.29. The van der Waals surface area contributed by atoms with Gasteiger partial charge in [-0.2, -0.15) is 0 Å². The SMILES string of the molecule is O=C(c1cc(Cl)cc([N+](=O)[O-])c1)N1CCC(c2nnc3n2CCNC3)CC1. The maximum absolute atomic E-state index is 12.8. The molecule has 0 aliphatic carbocycles. The van der Waals surface area contributed by atoms with Gasteiger partial charge in [-0.05, 0) is 18.9 Å². The fraction of sp³-hybridized carbons (Fsp3) is 0.471. The lowest BCUT2D eigenvalue weighted by atomic mass is 9.95. The highest BCUT2D eigenvalue weighted by Gasteiger charge is 2.29. The van der Waals surface area contributed by atoms with E-state index in [0.29, 0.717) is 13.1 Å². The molecule has 1 fully saturated rings. The molecule has 9 nitrogen and oxygen atoms in total. The van der Waals surface area contributed by atoms with Crippen LogP contribution >= 0.6 is 11.6 Å². The third-order valence-electron chi connectivity index (χ3n) is 5.14. The summed E-state index contributed by atoms with van der Waals surface area (Å²) >= 11 is 5.94. The van der Waals surface area contributed by atoms with E-state index in [1.807, 2.05) is 0 Å². The van der Waals surface area contributed by atoms with Crippen molar-refractivity contribution in [2.24, 2.45) is 0 Å². The van der Waals surface area contributed by atoms with Crippen LogP contribution in [0, 0.1) is 10.1 Å². The van der Waals surface area contributed by atoms with Gasteiger partial charge in [-0.1, -0.05) is 11.6 Å². The van der Waals surface area contributed by atoms with E-state index in [1.165, 1.54) is 18.2 Å². The Labute approximate surface area is 160 Å². The first kappa shape index (κ1) is 17.9. The van der Waals surface area contributed by atoms with Crippen molar-refractivity contribution in [1.29, 1.82) is 0 Å². The number of carbonyl (C=O) groups is 1. The molecule has 0 saturated carbocycles. The summed E-state index contributed by atoms with van der Waals surface area (Å²) in [4.78, 5) is 24.9. The van der Waals surface area contributed by atoms with E-state index in [4.69, 9.17) is 11.6 Å². The molecule has 0 bridgehead atoms. The van der Waals surface area contributed by atoms with Crippen LogP contribution < -0.4 is 5.32 Å². The quantitative estimate of drug-likeness (QED) is 0.634. The number of nitrogens with one attached hydrogen (secondary N) is 1. The van der Waals surface area contributed by atoms with E-state index < -0.39 is 4.92 Å². The number of nitro groups is 1. The van der Waals surface area contributed by atoms with E-state index in [1.54, 1.807) is 4.90 Å². The molecule has 2 aliphatic rings. The summed E-state index contributed by atoms with van der Waals surface area (Å²) < 4.78 is 2.18. The molecule has 142 valence electrons. The highest BCUT2D eigenvalue weighted by molar-refractivity contribution is 6.31. The first-order chi connectivity index (χ1) is 13.0. The van der Waals surface area contributed by atoms with Crippen molar-refractivity contribution in [2.75, 3.05) is 19.6 Å². The van der Waals surface area contributed by atoms with Crippen molar-refractivity contribution in [1.82, 2.24) is 25.0 Å². The molecule has 10 heteroatoms. The van der Waals surface area contributed by atoms with Gasteiger partial charge >= 0.3 is 0 Å². The van der Waals surface area contributed by atoms with Crippen LogP contribution in [0.15, 0.2) is 18.2 Å². The lowest BCUT2D eigenvalue weighted by Gasteiger charge is -2.32. The average Bonchev–Trinajstić information content (AvgIpc) is 3.11. The van der Waals surface area contributed by atoms with Gasteiger partial charge in [0.15, 0.2) is 0 Å². The molecule has 0 spiro atoms. The van der Waals surface area contributed by atoms with Crippen LogP contribution in [-0.4, -0.2) is 50.1 Å². The second-order valence-corrected chi connectivity index (χ2v) is 7.26. The minimum atomic E-state index is -0.543. The summed E-state index contributed by atoms with van der Waals surface area (Å²) in [6.07, 6.45) is 1.58. The van der Waals surface area contributed by atoms with Gasteiger partial charge < -0.3 is 14.8 Å². The van der Waals surface area contributed by atoms with Gasteiger partial charge in [0.05, 0.1) is 11.5 Å². The zero-order chi connectivity index (χ0) is 19.0. The van der Waals surface area contributed by atoms with Gasteiger partial charge in [0.2, 0.25) is 0 Å². The number of benzene rings is 1. The van der Waals surface area contributed by atoms with Gasteiger partial charge in [-0.25, -0.2) is 0 Å². The smallest absolute Gasteiger partial charge is 0.271 e. The lowest BCUT2D eigenvalue weighted by Crippen LogP contribution is -2.39. The minimum Gasteiger partial charge on any atom is -0.339 e. The maximum Gasteiger partial charge on any atom is 0.271 e. The maximum atomic E-state index is 12.8. The summed E-state index contributed by atoms with van der Waals surface area (Å²) in [5.41, 5.74) is 0.0722. The molecular weight excluding hydrogens is 372 g/mol. The summed E-state index contributed by atoms with van der Waals surface area (Å²) in [5.74, 6) is 1.99. The summed E-state index contributed by atoms with van der Waals surface area (Å²) in [6.45, 7) is 3.65. The minimum absolute atomic E-state index is 0.176. The molecule has 1 aromatic carbocycles. The number of aromatic nitrogens is 3. The second kappa shape index (κ2) is 7.24. The number of fused-ring (bicyclic) bond motifs is 1. The molecule has 1 N–H and O–H groups in total. The average molecular weight is 391 g/mol. The Morgan fingerprint density at radius 3 is 2.74 bits per heavy atom. The number of carbonyl (C=O) groups excluding carboxylic acids is 1. The molecule has 2 aliphatic heterocycles. The number of nitro benzene ring substituents is 1. The molecule has 0 atom stereocenters. The van der Waals surface area contributed by atoms with Crippen LogP contribution in [0.1, 0.15) is 40.8 Å². The molecule has 0 unspecified atom stereocenters. The van der Waals surface area contributed by atoms with Crippen LogP contribution in [0.25, 0.3) is 0 Å². The first-order valence-corrected chi connectivity index (χ1v) is 9.27. The number of piperidine rings is 1. The molecule has 4 rings (SSSR count). The number of likely N-dealkylation sites (tertiary alicyclic amines) is 1. The third-order valence-corrected chi connectivity index (χ3v) is 5.36. The van der Waals surface area contributed by atoms with E-state index >= 15 is 0 Å². The number of hydrogen-bond donors (Lipinski definition) is 1. The van der Waals surface area contributed by atoms with Gasteiger partial charge in [0.25, 0.3) is 11.6 Å². The van der Waals surface area contributed by atoms with Crippen LogP contribution in [-0.2, 0) is 13.1 Å². The van der Waals surface area contributed by atoms with Crippen LogP contribution in [0.5, 0.6) is 0 Å². The number of non-ortho nitro benzene ring substituents is 1. The Morgan fingerprint density at radius 2 is 2.00 bits per heavy atom. The summed E-state index contributed by atoms with van der Waals surface area (Å²) in [7, 11) is 0. The molecule has 0 radical (unpaired) electrons. The number of hydrogen-bond acceptors (Lipinski definition) is 6. The van der Waals surface area contributed by atoms with Gasteiger partial charge in [-0.15, -0.1) is 10.2 Å². The van der Waals surface area contributed by atoms with Gasteiger partial charge in [0.1, 0.15) is 11.6 Å². The standard InChI is InChI=1S/C17H19ClN6O3/c18-13-7-12(8-14(9-13)24(26)27)17(25)22-4-1-11(2-5-22)16-21-20-15-10-19-3-6-23(15)16/h7-9,11,19H,1-6,10H2. The van der Waals surface area contributed by atoms with Gasteiger partial charge in [-0.3, -0.25) is 14.9 Å². The molecule has 1 amide bonds. The normalized spacial score (nSPS) is 17.6. The van der Waals surface area contributed by atoms with Crippen molar-refractivity contribution in [2.45, 2.75) is 31.8 Å². The van der Waals surface area contributed by atoms with Crippen molar-refractivity contribution < 1.29 is 9.72 Å². The Bertz CT molecular complexity index is 891. The zero-order valence-electron chi connectivity index (χ0n) is 14.6. The zero-order valence-corrected chi connectivity index (χ0v) is 15.4. The molecular formula is C17H19ClN6O3. The predicted molar refractivity (Wildman–Crippen MR) is 97.7 cm³/mol. The third kappa shape index (κ3) is 3.52. The fourth-order valence-corrected chi connectivity index (χ4v) is 3.97. The van der Waals surface area contributed by atoms with Gasteiger partial charge in [0, 0.05) is 54.8 Å². The topological polar surface area (TPSA) is 106 Å². The van der Waals surface area contributed by atoms with E-state index in [0.717, 1.165) is 44.1 Å². The fourth-order valence-electron chi connectivity index (χ4n) is 3.74. The van der Waals surface area contributed by atoms with Crippen molar-refractivity contribution in [3.05, 3.63) is 50.5 Å². The number of nitrogens with zero attached hydrogens (tertiary/aromatic N) is 5. The molecule has 2 aromatic rings. The molecule has 27 heavy (non-hydrogen) atoms. The first-order valence-electron chi connectivity index (χ1n) is 8.90. The Hall–Kier alpha value is -2.52. The molecule has 3 heterocycles. The number of amides is 1. The van der Waals surface area contributed by atoms with Crippen LogP contribution in [0.4, 0.5) is 5.69 Å². The van der Waals surface area contributed by atoms with E-state index in [-0.39, 0.29) is 28.1 Å². The Balaban J connectivity index is 1.46. The van der Waals surface area contributed by atoms with E-state index in [9.17, 15) is 14.9 Å². The molecule has 1 aromatic heterocycles. The second-order valence-electron chi connectivity index (χ2n) is 6.82. The predicted octanol–water partition coefficient (Wildman–Crippen LogP) is 1.96. The van der Waals surface area contributed by atoms with Crippen LogP contribution in [0.3, 0.4) is 0 Å². The summed E-state index contributed by atoms with van der Waals surface area (Å²) in [5, 5.41) is 23.1. The number of rotatable bonds is 3. The van der Waals surface area contributed by atoms with Crippen molar-refractivity contribution in [3.8, 4) is 0 Å². The Morgan fingerprint density at radius 1 is 1.22 bits per heavy atom. The molecule has 1 saturated heterocycles. The number of halogens is 1. The van der Waals surface area contributed by atoms with Crippen LogP contribution in [0.2, 0.25) is 5.02 Å². The summed E-state index contributed by atoms with van der Waals surface area (Å²) in [6, 6.07) is 4.00. The van der Waals surface area contributed by atoms with Crippen molar-refractivity contribution >= 4 is 23.2 Å². The Kier molecular flexibility index (Phi) is 4.79. The van der Waals surface area contributed by atoms with Crippen molar-refractivity contribution in [3.63, 3.8) is 0 Å². The van der Waals surface area contributed by atoms with E-state index in [2.05, 4.69) is 20.1 Å². The largest absolute Gasteiger partial charge is 0.339 e. The monoisotopic (exact) mass is 390 g/mol. The highest BCUT2D eigenvalue weighted by atomic mass is 35.5. The lowest BCUT2D eigenvalue weighted by molar-refractivity contribution is -0.384.